The van der Waals surface area contributed by atoms with Crippen molar-refractivity contribution in [3.63, 3.8) is 0 Å². The summed E-state index contributed by atoms with van der Waals surface area (Å²) >= 11 is 0. The number of halogens is 1. The van der Waals surface area contributed by atoms with E-state index in [-0.39, 0.29) is 71.2 Å². The molecule has 3 aromatic carbocycles. The van der Waals surface area contributed by atoms with E-state index in [1.807, 2.05) is 54.2 Å². The summed E-state index contributed by atoms with van der Waals surface area (Å²) in [7, 11) is 0. The van der Waals surface area contributed by atoms with Crippen molar-refractivity contribution in [2.45, 2.75) is 128 Å². The topological polar surface area (TPSA) is 232 Å². The number of benzene rings is 3. The van der Waals surface area contributed by atoms with Crippen LogP contribution >= 0.6 is 0 Å². The standard InChI is InChI=1S/C63H69FN14O7/c1-35(2)68-57(80)42-30-46(44(64)26-37(42)5)70-56-55-47(67-34-76(55)36(3)4)31-45(69-56)38-12-13-43-51(27-38)77(40-28-39(29-40)72-18-7-6-8-19-72)62(85)63(43)16-20-75(21-17-63)60(83)48-32-66-52(33-65-48)74-24-22-73(23-25-74)49-11-9-10-41-54(49)61(84)78(59(41)82)50-14-15-53(79)71-58(50)81/h9-13,26-27,30-36,39-40,50H,6-8,14-25,28-29H2,1-5H3,(H,68,80)(H,69,70)(H,71,79,81)/t39-,40+,50?. The minimum absolute atomic E-state index is 0.00279. The first-order chi connectivity index (χ1) is 41.0. The number of hydrogen-bond acceptors (Lipinski definition) is 15. The molecule has 22 heteroatoms. The molecule has 6 aromatic rings. The molecule has 1 unspecified atom stereocenters. The lowest BCUT2D eigenvalue weighted by Gasteiger charge is -2.48. The third kappa shape index (κ3) is 9.71. The van der Waals surface area contributed by atoms with E-state index in [9.17, 15) is 28.8 Å². The first-order valence-electron chi connectivity index (χ1n) is 29.9. The lowest BCUT2D eigenvalue weighted by molar-refractivity contribution is -0.136. The number of carbonyl (C=O) groups excluding carboxylic acids is 7. The number of piperazine rings is 1. The number of piperidine rings is 3. The zero-order chi connectivity index (χ0) is 59.2. The van der Waals surface area contributed by atoms with Crippen molar-refractivity contribution in [1.82, 2.24) is 49.8 Å². The molecular weight excluding hydrogens is 1080 g/mol. The minimum atomic E-state index is -1.06. The van der Waals surface area contributed by atoms with Crippen LogP contribution in [0.5, 0.6) is 0 Å². The third-order valence-electron chi connectivity index (χ3n) is 18.5. The van der Waals surface area contributed by atoms with Gasteiger partial charge in [0, 0.05) is 86.7 Å². The van der Waals surface area contributed by atoms with E-state index in [0.717, 1.165) is 47.6 Å². The van der Waals surface area contributed by atoms with Gasteiger partial charge in [0.15, 0.2) is 5.82 Å². The zero-order valence-electron chi connectivity index (χ0n) is 48.5. The van der Waals surface area contributed by atoms with Crippen LogP contribution in [0.25, 0.3) is 22.3 Å². The van der Waals surface area contributed by atoms with Crippen LogP contribution in [-0.2, 0) is 19.8 Å². The molecular formula is C63H69FN14O7. The molecule has 21 nitrogen and oxygen atoms in total. The van der Waals surface area contributed by atoms with Crippen LogP contribution in [-0.4, -0.2) is 157 Å². The molecule has 440 valence electrons. The quantitative estimate of drug-likeness (QED) is 0.104. The van der Waals surface area contributed by atoms with Gasteiger partial charge < -0.3 is 39.7 Å². The molecule has 13 rings (SSSR count). The van der Waals surface area contributed by atoms with Crippen LogP contribution in [0.3, 0.4) is 0 Å². The molecule has 0 radical (unpaired) electrons. The molecule has 9 heterocycles. The van der Waals surface area contributed by atoms with Crippen molar-refractivity contribution in [3.05, 3.63) is 113 Å². The molecule has 1 saturated carbocycles. The van der Waals surface area contributed by atoms with Crippen molar-refractivity contribution in [3.8, 4) is 11.3 Å². The number of nitrogens with zero attached hydrogens (tertiary/aromatic N) is 11. The number of pyridine rings is 1. The summed E-state index contributed by atoms with van der Waals surface area (Å²) in [6, 6.07) is 15.3. The van der Waals surface area contributed by atoms with Gasteiger partial charge in [-0.2, -0.15) is 0 Å². The number of amides is 7. The molecule has 1 atom stereocenters. The second-order valence-electron chi connectivity index (χ2n) is 24.4. The molecule has 5 fully saturated rings. The van der Waals surface area contributed by atoms with Crippen LogP contribution in [0.2, 0.25) is 0 Å². The summed E-state index contributed by atoms with van der Waals surface area (Å²) in [4.78, 5) is 126. The van der Waals surface area contributed by atoms with E-state index < -0.39 is 40.9 Å². The Bertz CT molecular complexity index is 3740. The second kappa shape index (κ2) is 21.8. The van der Waals surface area contributed by atoms with Crippen LogP contribution < -0.4 is 30.7 Å². The Balaban J connectivity index is 0.726. The fourth-order valence-electron chi connectivity index (χ4n) is 13.9. The lowest BCUT2D eigenvalue weighted by atomic mass is 9.73. The SMILES string of the molecule is Cc1cc(F)c(Nc2nc(-c3ccc4c(c3)N([C@H]3C[C@@H](N5CCCCC5)C3)C(=O)C43CCN(C(=O)c4cnc(N5CCN(c6cccc7c6C(=O)N(C6CCC(=O)NC6=O)C7=O)CC5)cn4)CC3)cc3ncn(C(C)C)c23)cc1C(=O)NC(C)C. The average Bonchev–Trinajstić information content (AvgIpc) is 1.71. The minimum Gasteiger partial charge on any atom is -0.367 e. The summed E-state index contributed by atoms with van der Waals surface area (Å²) in [6.07, 6.45) is 11.1. The maximum absolute atomic E-state index is 16.0. The summed E-state index contributed by atoms with van der Waals surface area (Å²) in [5.74, 6) is -2.29. The molecule has 7 aliphatic rings. The monoisotopic (exact) mass is 1150 g/mol. The number of rotatable bonds is 12. The number of hydrogen-bond donors (Lipinski definition) is 3. The summed E-state index contributed by atoms with van der Waals surface area (Å²) in [5.41, 5.74) is 5.79. The molecule has 3 N–H and O–H groups in total. The highest BCUT2D eigenvalue weighted by Crippen LogP contribution is 2.52. The van der Waals surface area contributed by atoms with Crippen LogP contribution in [0.4, 0.5) is 33.1 Å². The predicted molar refractivity (Wildman–Crippen MR) is 316 cm³/mol. The van der Waals surface area contributed by atoms with Gasteiger partial charge in [-0.15, -0.1) is 0 Å². The Labute approximate surface area is 491 Å². The van der Waals surface area contributed by atoms with E-state index in [2.05, 4.69) is 42.9 Å². The Morgan fingerprint density at radius 3 is 2.24 bits per heavy atom. The zero-order valence-corrected chi connectivity index (χ0v) is 48.5. The van der Waals surface area contributed by atoms with Gasteiger partial charge >= 0.3 is 0 Å². The number of anilines is 5. The molecule has 6 aliphatic heterocycles. The fourth-order valence-corrected chi connectivity index (χ4v) is 13.9. The maximum Gasteiger partial charge on any atom is 0.274 e. The summed E-state index contributed by atoms with van der Waals surface area (Å²) < 4.78 is 17.9. The Hall–Kier alpha value is -8.66. The van der Waals surface area contributed by atoms with Crippen molar-refractivity contribution < 1.29 is 38.0 Å². The van der Waals surface area contributed by atoms with Gasteiger partial charge in [0.05, 0.1) is 57.8 Å². The molecule has 4 saturated heterocycles. The molecule has 7 amide bonds. The number of carbonyl (C=O) groups is 7. The first-order valence-corrected chi connectivity index (χ1v) is 29.9. The van der Waals surface area contributed by atoms with E-state index >= 15 is 9.18 Å². The van der Waals surface area contributed by atoms with Gasteiger partial charge in [-0.25, -0.2) is 24.3 Å². The number of aryl methyl sites for hydroxylation is 1. The first kappa shape index (κ1) is 55.5. The molecule has 3 aromatic heterocycles. The van der Waals surface area contributed by atoms with Gasteiger partial charge in [0.2, 0.25) is 17.7 Å². The Kier molecular flexibility index (Phi) is 14.2. The van der Waals surface area contributed by atoms with Crippen molar-refractivity contribution >= 4 is 81.1 Å². The van der Waals surface area contributed by atoms with Crippen LogP contribution in [0, 0.1) is 12.7 Å². The highest BCUT2D eigenvalue weighted by molar-refractivity contribution is 6.25. The largest absolute Gasteiger partial charge is 0.367 e. The molecule has 85 heavy (non-hydrogen) atoms. The second-order valence-corrected chi connectivity index (χ2v) is 24.4. The highest BCUT2D eigenvalue weighted by Gasteiger charge is 2.56. The number of imide groups is 2. The molecule has 1 aliphatic carbocycles. The number of imidazole rings is 1. The van der Waals surface area contributed by atoms with E-state index in [4.69, 9.17) is 15.0 Å². The van der Waals surface area contributed by atoms with Gasteiger partial charge in [0.25, 0.3) is 23.6 Å². The van der Waals surface area contributed by atoms with Crippen LogP contribution in [0.1, 0.15) is 144 Å². The number of likely N-dealkylation sites (tertiary alicyclic amines) is 2. The van der Waals surface area contributed by atoms with Gasteiger partial charge in [-0.3, -0.25) is 43.8 Å². The fraction of sp³-hybridized carbons (Fsp3) is 0.444. The van der Waals surface area contributed by atoms with Crippen molar-refractivity contribution in [2.24, 2.45) is 0 Å². The molecule has 0 bridgehead atoms. The highest BCUT2D eigenvalue weighted by atomic mass is 19.1. The molecule has 1 spiro atoms. The predicted octanol–water partition coefficient (Wildman–Crippen LogP) is 7.06. The van der Waals surface area contributed by atoms with E-state index in [1.165, 1.54) is 37.6 Å². The van der Waals surface area contributed by atoms with Crippen molar-refractivity contribution in [2.75, 3.05) is 72.4 Å². The van der Waals surface area contributed by atoms with E-state index in [0.29, 0.717) is 103 Å². The number of nitrogens with one attached hydrogen (secondary N) is 3. The smallest absolute Gasteiger partial charge is 0.274 e. The van der Waals surface area contributed by atoms with E-state index in [1.54, 1.807) is 42.5 Å². The lowest BCUT2D eigenvalue weighted by Crippen LogP contribution is -2.58. The average molecular weight is 1150 g/mol. The van der Waals surface area contributed by atoms with Gasteiger partial charge in [-0.1, -0.05) is 24.6 Å². The third-order valence-corrected chi connectivity index (χ3v) is 18.5. The summed E-state index contributed by atoms with van der Waals surface area (Å²) in [5, 5.41) is 8.43. The maximum atomic E-state index is 16.0. The van der Waals surface area contributed by atoms with Gasteiger partial charge in [0.1, 0.15) is 28.9 Å². The Morgan fingerprint density at radius 1 is 0.776 bits per heavy atom. The van der Waals surface area contributed by atoms with Crippen LogP contribution in [0.15, 0.2) is 73.3 Å². The Morgan fingerprint density at radius 2 is 1.53 bits per heavy atom. The van der Waals surface area contributed by atoms with Crippen molar-refractivity contribution in [1.29, 1.82) is 0 Å². The summed E-state index contributed by atoms with van der Waals surface area (Å²) in [6.45, 7) is 14.3. The van der Waals surface area contributed by atoms with Gasteiger partial charge in [-0.05, 0) is 140 Å². The number of fused-ring (bicyclic) bond motifs is 4. The normalized spacial score (nSPS) is 21.5. The number of aromatic nitrogens is 5.